The van der Waals surface area contributed by atoms with E-state index in [2.05, 4.69) is 13.8 Å². The van der Waals surface area contributed by atoms with E-state index in [-0.39, 0.29) is 23.8 Å². The number of unbranched alkanes of at least 4 members (excludes halogenated alkanes) is 1. The Labute approximate surface area is 196 Å². The van der Waals surface area contributed by atoms with Gasteiger partial charge in [-0.05, 0) is 55.2 Å². The van der Waals surface area contributed by atoms with Gasteiger partial charge in [0.05, 0.1) is 29.9 Å². The Hall–Kier alpha value is -2.86. The summed E-state index contributed by atoms with van der Waals surface area (Å²) in [6.45, 7) is 7.01. The average molecular weight is 451 g/mol. The number of nitrogens with zero attached hydrogens (tertiary/aromatic N) is 2. The highest BCUT2D eigenvalue weighted by molar-refractivity contribution is 6.23. The van der Waals surface area contributed by atoms with Crippen LogP contribution in [-0.2, 0) is 14.4 Å². The molecule has 0 bridgehead atoms. The number of amides is 2. The number of anilines is 2. The number of hydrogen-bond donors (Lipinski definition) is 0. The molecule has 0 spiro atoms. The standard InChI is InChI=1S/C27H34N2O4/c1-4-7-11-19(6-3)24-23-25(33-29(24)21-12-9-8-10-13-21)27(31)28(26(23)30)20-14-16-22(17-15-20)32-18-5-2/h8-10,12-17,19,23-25H,4-7,11,18H2,1-3H3/t19-,23+,24-,25+/m0/s1. The van der Waals surface area contributed by atoms with Gasteiger partial charge in [0.15, 0.2) is 6.10 Å². The van der Waals surface area contributed by atoms with Gasteiger partial charge in [0.2, 0.25) is 5.91 Å². The average Bonchev–Trinajstić information content (AvgIpc) is 3.35. The van der Waals surface area contributed by atoms with Gasteiger partial charge in [-0.2, -0.15) is 0 Å². The molecular formula is C27H34N2O4. The van der Waals surface area contributed by atoms with Crippen LogP contribution in [0.5, 0.6) is 5.75 Å². The van der Waals surface area contributed by atoms with Gasteiger partial charge in [0.1, 0.15) is 5.75 Å². The third-order valence-electron chi connectivity index (χ3n) is 6.68. The van der Waals surface area contributed by atoms with E-state index in [0.29, 0.717) is 12.3 Å². The lowest BCUT2D eigenvalue weighted by Gasteiger charge is -2.33. The maximum atomic E-state index is 13.7. The van der Waals surface area contributed by atoms with Crippen LogP contribution < -0.4 is 14.7 Å². The highest BCUT2D eigenvalue weighted by Crippen LogP contribution is 2.44. The molecule has 2 aromatic rings. The Balaban J connectivity index is 1.64. The van der Waals surface area contributed by atoms with Crippen LogP contribution in [0.4, 0.5) is 11.4 Å². The second-order valence-corrected chi connectivity index (χ2v) is 8.87. The molecule has 2 aromatic carbocycles. The van der Waals surface area contributed by atoms with Crippen LogP contribution in [0.1, 0.15) is 52.9 Å². The topological polar surface area (TPSA) is 59.1 Å². The highest BCUT2D eigenvalue weighted by Gasteiger charge is 2.61. The van der Waals surface area contributed by atoms with Crippen LogP contribution in [0.15, 0.2) is 54.6 Å². The fourth-order valence-electron chi connectivity index (χ4n) is 4.98. The van der Waals surface area contributed by atoms with E-state index in [9.17, 15) is 9.59 Å². The highest BCUT2D eigenvalue weighted by atomic mass is 16.7. The summed E-state index contributed by atoms with van der Waals surface area (Å²) in [5.74, 6) is -0.00121. The summed E-state index contributed by atoms with van der Waals surface area (Å²) < 4.78 is 5.64. The lowest BCUT2D eigenvalue weighted by molar-refractivity contribution is -0.126. The third-order valence-corrected chi connectivity index (χ3v) is 6.68. The van der Waals surface area contributed by atoms with E-state index >= 15 is 0 Å². The number of carbonyl (C=O) groups is 2. The second-order valence-electron chi connectivity index (χ2n) is 8.87. The lowest BCUT2D eigenvalue weighted by Crippen LogP contribution is -2.44. The molecule has 0 aromatic heterocycles. The number of hydrogen-bond acceptors (Lipinski definition) is 5. The second kappa shape index (κ2) is 10.4. The van der Waals surface area contributed by atoms with Gasteiger partial charge in [-0.3, -0.25) is 14.4 Å². The van der Waals surface area contributed by atoms with Crippen molar-refractivity contribution in [3.63, 3.8) is 0 Å². The molecule has 0 aliphatic carbocycles. The van der Waals surface area contributed by atoms with Crippen molar-refractivity contribution in [2.45, 2.75) is 65.0 Å². The summed E-state index contributed by atoms with van der Waals surface area (Å²) in [6, 6.07) is 16.8. The van der Waals surface area contributed by atoms with Crippen LogP contribution in [0.2, 0.25) is 0 Å². The van der Waals surface area contributed by atoms with Crippen molar-refractivity contribution in [1.82, 2.24) is 0 Å². The Morgan fingerprint density at radius 2 is 1.64 bits per heavy atom. The SMILES string of the molecule is CCCC[C@H](CC)[C@H]1[C@H]2C(=O)N(c3ccc(OCCC)cc3)C(=O)[C@@H]2ON1c1ccccc1. The van der Waals surface area contributed by atoms with Crippen LogP contribution in [0.3, 0.4) is 0 Å². The number of rotatable bonds is 10. The zero-order chi connectivity index (χ0) is 23.4. The van der Waals surface area contributed by atoms with Crippen LogP contribution in [-0.4, -0.2) is 30.6 Å². The lowest BCUT2D eigenvalue weighted by atomic mass is 9.82. The zero-order valence-corrected chi connectivity index (χ0v) is 19.8. The van der Waals surface area contributed by atoms with Crippen molar-refractivity contribution in [2.24, 2.45) is 11.8 Å². The van der Waals surface area contributed by atoms with Crippen LogP contribution in [0, 0.1) is 11.8 Å². The molecule has 2 saturated heterocycles. The van der Waals surface area contributed by atoms with E-state index < -0.39 is 12.0 Å². The molecule has 0 saturated carbocycles. The third kappa shape index (κ3) is 4.49. The molecule has 33 heavy (non-hydrogen) atoms. The Kier molecular flexibility index (Phi) is 7.33. The fraction of sp³-hybridized carbons (Fsp3) is 0.481. The minimum atomic E-state index is -0.797. The van der Waals surface area contributed by atoms with Crippen molar-refractivity contribution >= 4 is 23.2 Å². The number of carbonyl (C=O) groups excluding carboxylic acids is 2. The molecule has 4 atom stereocenters. The minimum Gasteiger partial charge on any atom is -0.494 e. The maximum absolute atomic E-state index is 13.7. The van der Waals surface area contributed by atoms with E-state index in [0.717, 1.165) is 43.5 Å². The number of para-hydroxylation sites is 1. The molecule has 0 radical (unpaired) electrons. The number of fused-ring (bicyclic) bond motifs is 1. The largest absolute Gasteiger partial charge is 0.494 e. The molecule has 2 aliphatic heterocycles. The van der Waals surface area contributed by atoms with Crippen LogP contribution >= 0.6 is 0 Å². The summed E-state index contributed by atoms with van der Waals surface area (Å²) >= 11 is 0. The van der Waals surface area contributed by atoms with Gasteiger partial charge in [0.25, 0.3) is 5.91 Å². The predicted octanol–water partition coefficient (Wildman–Crippen LogP) is 5.37. The Morgan fingerprint density at radius 3 is 2.27 bits per heavy atom. The molecule has 2 fully saturated rings. The Morgan fingerprint density at radius 1 is 0.909 bits per heavy atom. The zero-order valence-electron chi connectivity index (χ0n) is 19.8. The fourth-order valence-corrected chi connectivity index (χ4v) is 4.98. The van der Waals surface area contributed by atoms with E-state index in [1.54, 1.807) is 12.1 Å². The predicted molar refractivity (Wildman–Crippen MR) is 129 cm³/mol. The smallest absolute Gasteiger partial charge is 0.266 e. The maximum Gasteiger partial charge on any atom is 0.266 e. The van der Waals surface area contributed by atoms with Gasteiger partial charge < -0.3 is 4.74 Å². The number of benzene rings is 2. The summed E-state index contributed by atoms with van der Waals surface area (Å²) in [5, 5.41) is 1.84. The van der Waals surface area contributed by atoms with Crippen molar-refractivity contribution in [2.75, 3.05) is 16.6 Å². The summed E-state index contributed by atoms with van der Waals surface area (Å²) in [5.41, 5.74) is 1.45. The minimum absolute atomic E-state index is 0.175. The van der Waals surface area contributed by atoms with Gasteiger partial charge >= 0.3 is 0 Å². The van der Waals surface area contributed by atoms with E-state index in [1.165, 1.54) is 4.90 Å². The molecule has 6 nitrogen and oxygen atoms in total. The van der Waals surface area contributed by atoms with Crippen molar-refractivity contribution in [3.05, 3.63) is 54.6 Å². The number of hydroxylamine groups is 1. The molecule has 0 N–H and O–H groups in total. The molecular weight excluding hydrogens is 416 g/mol. The quantitative estimate of drug-likeness (QED) is 0.456. The van der Waals surface area contributed by atoms with Crippen LogP contribution in [0.25, 0.3) is 0 Å². The van der Waals surface area contributed by atoms with Crippen molar-refractivity contribution < 1.29 is 19.2 Å². The molecule has 2 amide bonds. The summed E-state index contributed by atoms with van der Waals surface area (Å²) in [4.78, 5) is 34.7. The molecule has 176 valence electrons. The molecule has 6 heteroatoms. The summed E-state index contributed by atoms with van der Waals surface area (Å²) in [7, 11) is 0. The first-order valence-electron chi connectivity index (χ1n) is 12.2. The first-order valence-corrected chi connectivity index (χ1v) is 12.2. The molecule has 0 unspecified atom stereocenters. The first kappa shape index (κ1) is 23.3. The molecule has 2 heterocycles. The normalized spacial score (nSPS) is 23.2. The van der Waals surface area contributed by atoms with E-state index in [4.69, 9.17) is 9.57 Å². The van der Waals surface area contributed by atoms with Crippen molar-refractivity contribution in [3.8, 4) is 5.75 Å². The monoisotopic (exact) mass is 450 g/mol. The molecule has 2 aliphatic rings. The first-order chi connectivity index (χ1) is 16.1. The van der Waals surface area contributed by atoms with Crippen molar-refractivity contribution in [1.29, 1.82) is 0 Å². The van der Waals surface area contributed by atoms with Gasteiger partial charge in [0, 0.05) is 0 Å². The molecule has 4 rings (SSSR count). The van der Waals surface area contributed by atoms with Gasteiger partial charge in [-0.15, -0.1) is 0 Å². The van der Waals surface area contributed by atoms with E-state index in [1.807, 2.05) is 54.5 Å². The van der Waals surface area contributed by atoms with Gasteiger partial charge in [-0.25, -0.2) is 9.96 Å². The number of imide groups is 1. The Bertz CT molecular complexity index is 946. The number of ether oxygens (including phenoxy) is 1. The summed E-state index contributed by atoms with van der Waals surface area (Å²) in [6.07, 6.45) is 4.22. The van der Waals surface area contributed by atoms with Gasteiger partial charge in [-0.1, -0.05) is 58.2 Å².